The first kappa shape index (κ1) is 14.5. The van der Waals surface area contributed by atoms with Crippen molar-refractivity contribution in [2.24, 2.45) is 0 Å². The van der Waals surface area contributed by atoms with E-state index in [0.29, 0.717) is 29.4 Å². The highest BCUT2D eigenvalue weighted by atomic mass is 35.5. The van der Waals surface area contributed by atoms with Gasteiger partial charge in [-0.25, -0.2) is 9.97 Å². The molecule has 7 heteroatoms. The van der Waals surface area contributed by atoms with Gasteiger partial charge in [0.2, 0.25) is 5.28 Å². The van der Waals surface area contributed by atoms with Crippen LogP contribution in [0.15, 0.2) is 35.1 Å². The van der Waals surface area contributed by atoms with E-state index in [4.69, 9.17) is 25.5 Å². The monoisotopic (exact) mass is 319 g/mol. The number of ether oxygens (including phenoxy) is 2. The van der Waals surface area contributed by atoms with Gasteiger partial charge in [0.1, 0.15) is 5.82 Å². The zero-order chi connectivity index (χ0) is 15.5. The van der Waals surface area contributed by atoms with Crippen LogP contribution in [0.25, 0.3) is 10.9 Å². The maximum absolute atomic E-state index is 6.00. The SMILES string of the molecule is COc1cc2nc(Cl)nc(NCc3ccoc3)c2cc1OC. The van der Waals surface area contributed by atoms with Crippen molar-refractivity contribution in [1.82, 2.24) is 9.97 Å². The summed E-state index contributed by atoms with van der Waals surface area (Å²) in [5.41, 5.74) is 1.68. The van der Waals surface area contributed by atoms with Crippen LogP contribution in [0.1, 0.15) is 5.56 Å². The van der Waals surface area contributed by atoms with Gasteiger partial charge in [-0.1, -0.05) is 0 Å². The minimum atomic E-state index is 0.161. The van der Waals surface area contributed by atoms with Gasteiger partial charge in [-0.15, -0.1) is 0 Å². The molecule has 3 rings (SSSR count). The predicted octanol–water partition coefficient (Wildman–Crippen LogP) is 3.51. The minimum absolute atomic E-state index is 0.161. The number of methoxy groups -OCH3 is 2. The lowest BCUT2D eigenvalue weighted by Gasteiger charge is -2.12. The Kier molecular flexibility index (Phi) is 4.02. The third kappa shape index (κ3) is 2.78. The number of benzene rings is 1. The Balaban J connectivity index is 2.04. The van der Waals surface area contributed by atoms with Gasteiger partial charge in [0, 0.05) is 23.6 Å². The summed E-state index contributed by atoms with van der Waals surface area (Å²) in [6.45, 7) is 0.563. The molecule has 2 heterocycles. The first-order valence-corrected chi connectivity index (χ1v) is 6.93. The van der Waals surface area contributed by atoms with Crippen molar-refractivity contribution in [3.8, 4) is 11.5 Å². The molecule has 2 aromatic heterocycles. The molecular formula is C15H14ClN3O3. The van der Waals surface area contributed by atoms with E-state index < -0.39 is 0 Å². The van der Waals surface area contributed by atoms with Gasteiger partial charge in [-0.05, 0) is 23.7 Å². The standard InChI is InChI=1S/C15H14ClN3O3/c1-20-12-5-10-11(6-13(12)21-2)18-15(16)19-14(10)17-7-9-3-4-22-8-9/h3-6,8H,7H2,1-2H3,(H,17,18,19). The fraction of sp³-hybridized carbons (Fsp3) is 0.200. The molecule has 0 fully saturated rings. The molecular weight excluding hydrogens is 306 g/mol. The van der Waals surface area contributed by atoms with Crippen molar-refractivity contribution in [1.29, 1.82) is 0 Å². The lowest BCUT2D eigenvalue weighted by Crippen LogP contribution is -2.03. The highest BCUT2D eigenvalue weighted by molar-refractivity contribution is 6.28. The van der Waals surface area contributed by atoms with Crippen LogP contribution in [-0.4, -0.2) is 24.2 Å². The molecule has 0 saturated carbocycles. The topological polar surface area (TPSA) is 69.4 Å². The van der Waals surface area contributed by atoms with E-state index in [-0.39, 0.29) is 5.28 Å². The molecule has 0 bridgehead atoms. The largest absolute Gasteiger partial charge is 0.493 e. The van der Waals surface area contributed by atoms with Crippen molar-refractivity contribution in [2.45, 2.75) is 6.54 Å². The van der Waals surface area contributed by atoms with Gasteiger partial charge in [0.15, 0.2) is 11.5 Å². The molecule has 0 aliphatic carbocycles. The Morgan fingerprint density at radius 3 is 2.64 bits per heavy atom. The van der Waals surface area contributed by atoms with Crippen LogP contribution in [0.2, 0.25) is 5.28 Å². The molecule has 1 aromatic carbocycles. The van der Waals surface area contributed by atoms with Crippen molar-refractivity contribution >= 4 is 28.3 Å². The van der Waals surface area contributed by atoms with Gasteiger partial charge in [0.05, 0.1) is 32.3 Å². The fourth-order valence-corrected chi connectivity index (χ4v) is 2.32. The number of fused-ring (bicyclic) bond motifs is 1. The van der Waals surface area contributed by atoms with E-state index in [9.17, 15) is 0 Å². The molecule has 0 saturated heterocycles. The number of aromatic nitrogens is 2. The zero-order valence-electron chi connectivity index (χ0n) is 12.1. The number of rotatable bonds is 5. The molecule has 0 spiro atoms. The molecule has 6 nitrogen and oxygen atoms in total. The highest BCUT2D eigenvalue weighted by Crippen LogP contribution is 2.34. The van der Waals surface area contributed by atoms with Gasteiger partial charge >= 0.3 is 0 Å². The van der Waals surface area contributed by atoms with Crippen LogP contribution in [-0.2, 0) is 6.54 Å². The van der Waals surface area contributed by atoms with Crippen LogP contribution in [0.4, 0.5) is 5.82 Å². The normalized spacial score (nSPS) is 10.7. The van der Waals surface area contributed by atoms with Crippen LogP contribution >= 0.6 is 11.6 Å². The summed E-state index contributed by atoms with van der Waals surface area (Å²) in [7, 11) is 3.16. The number of hydrogen-bond donors (Lipinski definition) is 1. The fourth-order valence-electron chi connectivity index (χ4n) is 2.14. The van der Waals surface area contributed by atoms with Crippen molar-refractivity contribution in [3.63, 3.8) is 0 Å². The van der Waals surface area contributed by atoms with Gasteiger partial charge in [0.25, 0.3) is 0 Å². The van der Waals surface area contributed by atoms with Gasteiger partial charge in [-0.2, -0.15) is 0 Å². The average Bonchev–Trinajstić information content (AvgIpc) is 3.04. The zero-order valence-corrected chi connectivity index (χ0v) is 12.8. The Morgan fingerprint density at radius 2 is 1.95 bits per heavy atom. The van der Waals surface area contributed by atoms with Crippen molar-refractivity contribution < 1.29 is 13.9 Å². The number of hydrogen-bond acceptors (Lipinski definition) is 6. The second-order valence-corrected chi connectivity index (χ2v) is 4.89. The molecule has 22 heavy (non-hydrogen) atoms. The van der Waals surface area contributed by atoms with E-state index in [1.807, 2.05) is 12.1 Å². The predicted molar refractivity (Wildman–Crippen MR) is 83.7 cm³/mol. The number of anilines is 1. The molecule has 0 unspecified atom stereocenters. The second-order valence-electron chi connectivity index (χ2n) is 4.55. The Hall–Kier alpha value is -2.47. The third-order valence-electron chi connectivity index (χ3n) is 3.21. The smallest absolute Gasteiger partial charge is 0.224 e. The van der Waals surface area contributed by atoms with Crippen LogP contribution in [0, 0.1) is 0 Å². The van der Waals surface area contributed by atoms with E-state index in [1.165, 1.54) is 0 Å². The molecule has 3 aromatic rings. The number of nitrogens with zero attached hydrogens (tertiary/aromatic N) is 2. The molecule has 0 aliphatic rings. The Bertz CT molecular complexity index is 790. The number of furan rings is 1. The first-order valence-electron chi connectivity index (χ1n) is 6.55. The highest BCUT2D eigenvalue weighted by Gasteiger charge is 2.12. The lowest BCUT2D eigenvalue weighted by molar-refractivity contribution is 0.356. The number of nitrogens with one attached hydrogen (secondary N) is 1. The summed E-state index contributed by atoms with van der Waals surface area (Å²) in [5, 5.41) is 4.19. The first-order chi connectivity index (χ1) is 10.7. The summed E-state index contributed by atoms with van der Waals surface area (Å²) >= 11 is 6.00. The summed E-state index contributed by atoms with van der Waals surface area (Å²) in [5.74, 6) is 1.81. The molecule has 114 valence electrons. The molecule has 0 aliphatic heterocycles. The van der Waals surface area contributed by atoms with E-state index in [1.54, 1.807) is 32.8 Å². The molecule has 0 atom stereocenters. The Labute approximate surface area is 132 Å². The van der Waals surface area contributed by atoms with Crippen LogP contribution in [0.3, 0.4) is 0 Å². The minimum Gasteiger partial charge on any atom is -0.493 e. The van der Waals surface area contributed by atoms with Crippen molar-refractivity contribution in [3.05, 3.63) is 41.6 Å². The third-order valence-corrected chi connectivity index (χ3v) is 3.38. The van der Waals surface area contributed by atoms with Gasteiger partial charge < -0.3 is 19.2 Å². The average molecular weight is 320 g/mol. The Morgan fingerprint density at radius 1 is 1.18 bits per heavy atom. The summed E-state index contributed by atoms with van der Waals surface area (Å²) < 4.78 is 15.7. The molecule has 1 N–H and O–H groups in total. The second kappa shape index (κ2) is 6.11. The maximum Gasteiger partial charge on any atom is 0.224 e. The summed E-state index contributed by atoms with van der Waals surface area (Å²) in [6, 6.07) is 5.47. The number of halogens is 1. The maximum atomic E-state index is 6.00. The lowest BCUT2D eigenvalue weighted by atomic mass is 10.2. The quantitative estimate of drug-likeness (QED) is 0.726. The molecule has 0 amide bonds. The van der Waals surface area contributed by atoms with Crippen LogP contribution < -0.4 is 14.8 Å². The summed E-state index contributed by atoms with van der Waals surface area (Å²) in [4.78, 5) is 8.47. The van der Waals surface area contributed by atoms with E-state index in [2.05, 4.69) is 15.3 Å². The molecule has 0 radical (unpaired) electrons. The van der Waals surface area contributed by atoms with Crippen molar-refractivity contribution in [2.75, 3.05) is 19.5 Å². The van der Waals surface area contributed by atoms with Gasteiger partial charge in [-0.3, -0.25) is 0 Å². The van der Waals surface area contributed by atoms with Crippen LogP contribution in [0.5, 0.6) is 11.5 Å². The summed E-state index contributed by atoms with van der Waals surface area (Å²) in [6.07, 6.45) is 3.29. The van der Waals surface area contributed by atoms with E-state index in [0.717, 1.165) is 10.9 Å². The van der Waals surface area contributed by atoms with E-state index >= 15 is 0 Å².